The molecule has 240 valence electrons. The highest BCUT2D eigenvalue weighted by atomic mass is 32.1. The first-order valence-corrected chi connectivity index (χ1v) is 16.7. The molecule has 5 aromatic rings. The van der Waals surface area contributed by atoms with Crippen molar-refractivity contribution in [1.29, 1.82) is 0 Å². The van der Waals surface area contributed by atoms with E-state index in [0.29, 0.717) is 55.8 Å². The average Bonchev–Trinajstić information content (AvgIpc) is 3.85. The molecule has 12 nitrogen and oxygen atoms in total. The van der Waals surface area contributed by atoms with E-state index in [1.165, 1.54) is 11.3 Å². The number of hydrogen-bond donors (Lipinski definition) is 2. The van der Waals surface area contributed by atoms with Crippen molar-refractivity contribution in [3.8, 4) is 34.1 Å². The van der Waals surface area contributed by atoms with Gasteiger partial charge in [0.2, 0.25) is 5.91 Å². The molecule has 13 heteroatoms. The summed E-state index contributed by atoms with van der Waals surface area (Å²) in [6.07, 6.45) is 4.30. The summed E-state index contributed by atoms with van der Waals surface area (Å²) in [5.41, 5.74) is 3.79. The lowest BCUT2D eigenvalue weighted by atomic mass is 10.1. The van der Waals surface area contributed by atoms with Crippen LogP contribution in [0, 0.1) is 0 Å². The van der Waals surface area contributed by atoms with E-state index in [4.69, 9.17) is 9.47 Å². The number of likely N-dealkylation sites (tertiary alicyclic amines) is 1. The van der Waals surface area contributed by atoms with Gasteiger partial charge in [0.1, 0.15) is 23.7 Å². The highest BCUT2D eigenvalue weighted by Crippen LogP contribution is 2.38. The molecule has 0 saturated carbocycles. The van der Waals surface area contributed by atoms with Gasteiger partial charge in [0.25, 0.3) is 5.91 Å². The number of aromatic nitrogens is 4. The third-order valence-electron chi connectivity index (χ3n) is 8.95. The van der Waals surface area contributed by atoms with Crippen LogP contribution in [0.1, 0.15) is 16.1 Å². The maximum atomic E-state index is 13.2. The Hall–Kier alpha value is -5.01. The number of benzene rings is 2. The summed E-state index contributed by atoms with van der Waals surface area (Å²) in [5.74, 6) is 2.17. The number of aromatic amines is 1. The second kappa shape index (κ2) is 12.6. The largest absolute Gasteiger partial charge is 0.486 e. The Kier molecular flexibility index (Phi) is 7.91. The number of nitrogens with zero attached hydrogens (tertiary/aromatic N) is 6. The lowest BCUT2D eigenvalue weighted by molar-refractivity contribution is -0.132. The standard InChI is InChI=1S/C34H34N8O4S/c43-30(42-14-12-41(13-15-42)25-5-2-22(3-6-25)32-35-9-1-10-36-32)21-40-11-8-24(20-40)37-33(44)29-19-26-31(38-39-34(26)47-29)23-4-7-27-28(18-23)46-17-16-45-27/h1-7,9-10,18-19,24H,8,11-17,20-21H2,(H,37,44)(H,38,39). The SMILES string of the molecule is O=C(NC1CCN(CC(=O)N2CCN(c3ccc(-c4ncccn4)cc3)CC2)C1)c1cc2c(-c3ccc4c(c3)OCCO4)n[nH]c2s1. The van der Waals surface area contributed by atoms with Gasteiger partial charge in [-0.25, -0.2) is 9.97 Å². The van der Waals surface area contributed by atoms with Gasteiger partial charge in [0.15, 0.2) is 17.3 Å². The second-order valence-corrected chi connectivity index (χ2v) is 13.0. The summed E-state index contributed by atoms with van der Waals surface area (Å²) in [6.45, 7) is 5.79. The molecule has 1 atom stereocenters. The quantitative estimate of drug-likeness (QED) is 0.271. The van der Waals surface area contributed by atoms with E-state index >= 15 is 0 Å². The molecule has 3 aromatic heterocycles. The molecule has 3 aliphatic heterocycles. The highest BCUT2D eigenvalue weighted by molar-refractivity contribution is 7.20. The Morgan fingerprint density at radius 3 is 2.49 bits per heavy atom. The third-order valence-corrected chi connectivity index (χ3v) is 9.99. The molecule has 47 heavy (non-hydrogen) atoms. The van der Waals surface area contributed by atoms with Crippen molar-refractivity contribution in [3.05, 3.63) is 71.9 Å². The number of amides is 2. The van der Waals surface area contributed by atoms with Gasteiger partial charge in [-0.15, -0.1) is 11.3 Å². The minimum atomic E-state index is -0.105. The molecule has 2 saturated heterocycles. The Bertz CT molecular complexity index is 1900. The summed E-state index contributed by atoms with van der Waals surface area (Å²) < 4.78 is 11.4. The number of anilines is 1. The first-order chi connectivity index (χ1) is 23.1. The van der Waals surface area contributed by atoms with Crippen molar-refractivity contribution in [2.24, 2.45) is 0 Å². The lowest BCUT2D eigenvalue weighted by Crippen LogP contribution is -2.51. The Morgan fingerprint density at radius 1 is 0.915 bits per heavy atom. The predicted octanol–water partition coefficient (Wildman–Crippen LogP) is 3.67. The van der Waals surface area contributed by atoms with E-state index in [9.17, 15) is 9.59 Å². The Balaban J connectivity index is 0.822. The van der Waals surface area contributed by atoms with Gasteiger partial charge in [-0.1, -0.05) is 0 Å². The Morgan fingerprint density at radius 2 is 1.68 bits per heavy atom. The van der Waals surface area contributed by atoms with Crippen LogP contribution in [0.3, 0.4) is 0 Å². The fourth-order valence-electron chi connectivity index (χ4n) is 6.46. The van der Waals surface area contributed by atoms with Gasteiger partial charge in [-0.2, -0.15) is 5.10 Å². The molecule has 0 spiro atoms. The summed E-state index contributed by atoms with van der Waals surface area (Å²) in [6, 6.07) is 17.7. The number of piperazine rings is 1. The first kappa shape index (κ1) is 29.4. The molecule has 3 aliphatic rings. The van der Waals surface area contributed by atoms with Gasteiger partial charge < -0.3 is 24.6 Å². The molecule has 8 rings (SSSR count). The van der Waals surface area contributed by atoms with E-state index < -0.39 is 0 Å². The van der Waals surface area contributed by atoms with Crippen LogP contribution in [0.15, 0.2) is 67.0 Å². The maximum absolute atomic E-state index is 13.2. The molecule has 2 N–H and O–H groups in total. The molecular weight excluding hydrogens is 616 g/mol. The predicted molar refractivity (Wildman–Crippen MR) is 179 cm³/mol. The van der Waals surface area contributed by atoms with E-state index in [2.05, 4.69) is 47.4 Å². The summed E-state index contributed by atoms with van der Waals surface area (Å²) in [4.78, 5) is 43.0. The minimum absolute atomic E-state index is 0.00719. The van der Waals surface area contributed by atoms with Crippen LogP contribution >= 0.6 is 11.3 Å². The minimum Gasteiger partial charge on any atom is -0.486 e. The lowest BCUT2D eigenvalue weighted by Gasteiger charge is -2.36. The summed E-state index contributed by atoms with van der Waals surface area (Å²) in [7, 11) is 0. The van der Waals surface area contributed by atoms with Gasteiger partial charge in [0.05, 0.1) is 11.4 Å². The number of ether oxygens (including phenoxy) is 2. The van der Waals surface area contributed by atoms with Gasteiger partial charge in [-0.05, 0) is 61.0 Å². The fourth-order valence-corrected chi connectivity index (χ4v) is 7.37. The van der Waals surface area contributed by atoms with Gasteiger partial charge in [-0.3, -0.25) is 19.6 Å². The van der Waals surface area contributed by atoms with E-state index in [1.54, 1.807) is 12.4 Å². The van der Waals surface area contributed by atoms with E-state index in [0.717, 1.165) is 64.5 Å². The molecule has 0 bridgehead atoms. The molecule has 2 aromatic carbocycles. The van der Waals surface area contributed by atoms with Crippen molar-refractivity contribution in [1.82, 2.24) is 35.3 Å². The number of rotatable bonds is 7. The van der Waals surface area contributed by atoms with E-state index in [1.807, 2.05) is 47.4 Å². The zero-order valence-electron chi connectivity index (χ0n) is 25.7. The molecule has 2 fully saturated rings. The van der Waals surface area contributed by atoms with Crippen LogP contribution in [-0.4, -0.2) is 107 Å². The number of H-pyrrole nitrogens is 1. The number of thiophene rings is 1. The smallest absolute Gasteiger partial charge is 0.261 e. The molecule has 6 heterocycles. The molecule has 0 aliphatic carbocycles. The van der Waals surface area contributed by atoms with Crippen LogP contribution in [0.5, 0.6) is 11.5 Å². The number of carbonyl (C=O) groups excluding carboxylic acids is 2. The second-order valence-electron chi connectivity index (χ2n) is 12.0. The molecule has 0 radical (unpaired) electrons. The zero-order valence-corrected chi connectivity index (χ0v) is 26.5. The van der Waals surface area contributed by atoms with Crippen LogP contribution < -0.4 is 19.7 Å². The number of carbonyl (C=O) groups is 2. The van der Waals surface area contributed by atoms with Crippen LogP contribution in [0.2, 0.25) is 0 Å². The molecule has 1 unspecified atom stereocenters. The summed E-state index contributed by atoms with van der Waals surface area (Å²) in [5, 5.41) is 11.7. The molecule has 2 amide bonds. The molecular formula is C34H34N8O4S. The average molecular weight is 651 g/mol. The van der Waals surface area contributed by atoms with Crippen LogP contribution in [0.4, 0.5) is 5.69 Å². The number of fused-ring (bicyclic) bond motifs is 2. The van der Waals surface area contributed by atoms with Crippen LogP contribution in [-0.2, 0) is 4.79 Å². The highest BCUT2D eigenvalue weighted by Gasteiger charge is 2.29. The fraction of sp³-hybridized carbons (Fsp3) is 0.324. The monoisotopic (exact) mass is 650 g/mol. The van der Waals surface area contributed by atoms with Crippen molar-refractivity contribution >= 4 is 39.1 Å². The third kappa shape index (κ3) is 6.11. The number of nitrogens with one attached hydrogen (secondary N) is 2. The Labute approximate surface area is 275 Å². The van der Waals surface area contributed by atoms with Gasteiger partial charge >= 0.3 is 0 Å². The van der Waals surface area contributed by atoms with Crippen molar-refractivity contribution in [2.75, 3.05) is 63.9 Å². The van der Waals surface area contributed by atoms with Crippen molar-refractivity contribution in [3.63, 3.8) is 0 Å². The summed E-state index contributed by atoms with van der Waals surface area (Å²) >= 11 is 1.39. The first-order valence-electron chi connectivity index (χ1n) is 15.9. The topological polar surface area (TPSA) is 129 Å². The van der Waals surface area contributed by atoms with Crippen LogP contribution in [0.25, 0.3) is 32.9 Å². The zero-order chi connectivity index (χ0) is 31.7. The number of hydrogen-bond acceptors (Lipinski definition) is 10. The normalized spacial score (nSPS) is 18.1. The van der Waals surface area contributed by atoms with Crippen molar-refractivity contribution in [2.45, 2.75) is 12.5 Å². The van der Waals surface area contributed by atoms with Gasteiger partial charge in [0, 0.05) is 79.9 Å². The maximum Gasteiger partial charge on any atom is 0.261 e. The van der Waals surface area contributed by atoms with Crippen molar-refractivity contribution < 1.29 is 19.1 Å². The van der Waals surface area contributed by atoms with E-state index in [-0.39, 0.29) is 17.9 Å².